The summed E-state index contributed by atoms with van der Waals surface area (Å²) in [6.07, 6.45) is 5.72. The number of nitrogens with zero attached hydrogens (tertiary/aromatic N) is 1. The lowest BCUT2D eigenvalue weighted by atomic mass is 9.66. The molecular weight excluding hydrogens is 344 g/mol. The standard InChI is InChI=1S/C21H26N2O4/c1-25-18-8-7-14(11-19(18)27-15-5-3-4-6-15)21(13-22)10-9-17(23)16(12-21)20(24)26-2/h7-8,11,15-16,23H,3-6,9-10,12H2,1-2H3. The summed E-state index contributed by atoms with van der Waals surface area (Å²) in [6.45, 7) is 0. The van der Waals surface area contributed by atoms with Crippen LogP contribution in [0.5, 0.6) is 11.5 Å². The lowest BCUT2D eigenvalue weighted by Crippen LogP contribution is -2.40. The summed E-state index contributed by atoms with van der Waals surface area (Å²) in [5, 5.41) is 18.1. The lowest BCUT2D eigenvalue weighted by Gasteiger charge is -2.35. The highest BCUT2D eigenvalue weighted by atomic mass is 16.5. The summed E-state index contributed by atoms with van der Waals surface area (Å²) in [7, 11) is 2.92. The first-order chi connectivity index (χ1) is 13.0. The number of nitriles is 1. The van der Waals surface area contributed by atoms with Crippen LogP contribution in [0.4, 0.5) is 0 Å². The monoisotopic (exact) mass is 370 g/mol. The Morgan fingerprint density at radius 2 is 2.00 bits per heavy atom. The minimum atomic E-state index is -0.844. The maximum absolute atomic E-state index is 12.1. The molecular formula is C21H26N2O4. The summed E-state index contributed by atoms with van der Waals surface area (Å²) in [5.41, 5.74) is 0.299. The lowest BCUT2D eigenvalue weighted by molar-refractivity contribution is -0.143. The van der Waals surface area contributed by atoms with Crippen molar-refractivity contribution in [2.75, 3.05) is 14.2 Å². The van der Waals surface area contributed by atoms with Crippen LogP contribution in [0.2, 0.25) is 0 Å². The molecule has 3 rings (SSSR count). The quantitative estimate of drug-likeness (QED) is 0.797. The van der Waals surface area contributed by atoms with Gasteiger partial charge in [-0.1, -0.05) is 6.07 Å². The minimum Gasteiger partial charge on any atom is -0.493 e. The molecule has 2 saturated carbocycles. The number of rotatable bonds is 5. The smallest absolute Gasteiger partial charge is 0.314 e. The van der Waals surface area contributed by atoms with E-state index in [1.165, 1.54) is 7.11 Å². The Kier molecular flexibility index (Phi) is 5.69. The largest absolute Gasteiger partial charge is 0.493 e. The predicted molar refractivity (Wildman–Crippen MR) is 100 cm³/mol. The van der Waals surface area contributed by atoms with E-state index in [0.29, 0.717) is 30.1 Å². The summed E-state index contributed by atoms with van der Waals surface area (Å²) < 4.78 is 16.5. The molecule has 1 N–H and O–H groups in total. The van der Waals surface area contributed by atoms with Crippen LogP contribution in [-0.2, 0) is 14.9 Å². The van der Waals surface area contributed by atoms with Gasteiger partial charge in [-0.3, -0.25) is 4.79 Å². The Bertz CT molecular complexity index is 756. The van der Waals surface area contributed by atoms with Crippen molar-refractivity contribution < 1.29 is 19.0 Å². The second-order valence-corrected chi connectivity index (χ2v) is 7.39. The molecule has 1 aromatic carbocycles. The molecule has 2 unspecified atom stereocenters. The van der Waals surface area contributed by atoms with Crippen molar-refractivity contribution in [3.8, 4) is 17.6 Å². The topological polar surface area (TPSA) is 92.4 Å². The first kappa shape index (κ1) is 19.2. The van der Waals surface area contributed by atoms with Crippen LogP contribution >= 0.6 is 0 Å². The van der Waals surface area contributed by atoms with Crippen molar-refractivity contribution in [1.82, 2.24) is 0 Å². The first-order valence-electron chi connectivity index (χ1n) is 9.44. The molecule has 2 aliphatic carbocycles. The van der Waals surface area contributed by atoms with E-state index in [2.05, 4.69) is 6.07 Å². The Hall–Kier alpha value is -2.55. The Morgan fingerprint density at radius 3 is 2.63 bits per heavy atom. The van der Waals surface area contributed by atoms with Crippen LogP contribution in [0.25, 0.3) is 0 Å². The second-order valence-electron chi connectivity index (χ2n) is 7.39. The van der Waals surface area contributed by atoms with Gasteiger partial charge in [0.05, 0.1) is 37.7 Å². The highest BCUT2D eigenvalue weighted by molar-refractivity contribution is 6.01. The molecule has 0 aromatic heterocycles. The van der Waals surface area contributed by atoms with Crippen molar-refractivity contribution in [3.05, 3.63) is 23.8 Å². The van der Waals surface area contributed by atoms with E-state index < -0.39 is 17.3 Å². The van der Waals surface area contributed by atoms with Crippen molar-refractivity contribution >= 4 is 11.7 Å². The molecule has 6 heteroatoms. The highest BCUT2D eigenvalue weighted by Crippen LogP contribution is 2.44. The van der Waals surface area contributed by atoms with Crippen LogP contribution in [-0.4, -0.2) is 32.0 Å². The third-order valence-electron chi connectivity index (χ3n) is 5.81. The Labute approximate surface area is 159 Å². The molecule has 1 aromatic rings. The predicted octanol–water partition coefficient (Wildman–Crippen LogP) is 3.77. The summed E-state index contributed by atoms with van der Waals surface area (Å²) in [5.74, 6) is 0.165. The van der Waals surface area contributed by atoms with E-state index in [1.807, 2.05) is 18.2 Å². The van der Waals surface area contributed by atoms with Gasteiger partial charge >= 0.3 is 5.97 Å². The van der Waals surface area contributed by atoms with Gasteiger partial charge < -0.3 is 19.6 Å². The average molecular weight is 370 g/mol. The van der Waals surface area contributed by atoms with Crippen molar-refractivity contribution in [2.24, 2.45) is 5.92 Å². The number of benzene rings is 1. The van der Waals surface area contributed by atoms with E-state index in [-0.39, 0.29) is 12.5 Å². The summed E-state index contributed by atoms with van der Waals surface area (Å²) >= 11 is 0. The van der Waals surface area contributed by atoms with Gasteiger partial charge in [-0.05, 0) is 62.6 Å². The average Bonchev–Trinajstić information content (AvgIpc) is 3.21. The number of ether oxygens (including phenoxy) is 3. The zero-order chi connectivity index (χ0) is 19.4. The van der Waals surface area contributed by atoms with Gasteiger partial charge in [0.1, 0.15) is 0 Å². The van der Waals surface area contributed by atoms with E-state index in [9.17, 15) is 10.1 Å². The maximum atomic E-state index is 12.1. The SMILES string of the molecule is COC(=O)C1CC(C#N)(c2ccc(OC)c(OC3CCCC3)c2)CCC1=N. The van der Waals surface area contributed by atoms with Crippen LogP contribution in [0.15, 0.2) is 18.2 Å². The van der Waals surface area contributed by atoms with Gasteiger partial charge in [0.2, 0.25) is 0 Å². The molecule has 0 radical (unpaired) electrons. The number of carbonyl (C=O) groups excluding carboxylic acids is 1. The molecule has 0 spiro atoms. The molecule has 2 atom stereocenters. The van der Waals surface area contributed by atoms with Crippen molar-refractivity contribution in [3.63, 3.8) is 0 Å². The van der Waals surface area contributed by atoms with Crippen LogP contribution in [0.3, 0.4) is 0 Å². The van der Waals surface area contributed by atoms with E-state index in [0.717, 1.165) is 31.2 Å². The fraction of sp³-hybridized carbons (Fsp3) is 0.571. The molecule has 0 bridgehead atoms. The molecule has 2 aliphatic rings. The highest BCUT2D eigenvalue weighted by Gasteiger charge is 2.44. The number of carbonyl (C=O) groups is 1. The second kappa shape index (κ2) is 7.99. The number of nitrogens with one attached hydrogen (secondary N) is 1. The molecule has 144 valence electrons. The number of esters is 1. The minimum absolute atomic E-state index is 0.175. The van der Waals surface area contributed by atoms with E-state index in [4.69, 9.17) is 19.6 Å². The molecule has 2 fully saturated rings. The maximum Gasteiger partial charge on any atom is 0.314 e. The summed E-state index contributed by atoms with van der Waals surface area (Å²) in [6, 6.07) is 7.99. The fourth-order valence-corrected chi connectivity index (χ4v) is 4.14. The molecule has 0 aliphatic heterocycles. The number of methoxy groups -OCH3 is 2. The van der Waals surface area contributed by atoms with Gasteiger partial charge in [-0.15, -0.1) is 0 Å². The Balaban J connectivity index is 1.93. The molecule has 0 amide bonds. The zero-order valence-corrected chi connectivity index (χ0v) is 15.9. The third-order valence-corrected chi connectivity index (χ3v) is 5.81. The normalized spacial score (nSPS) is 25.7. The van der Waals surface area contributed by atoms with Crippen LogP contribution < -0.4 is 9.47 Å². The number of hydrogen-bond donors (Lipinski definition) is 1. The van der Waals surface area contributed by atoms with Gasteiger partial charge in [-0.2, -0.15) is 5.26 Å². The van der Waals surface area contributed by atoms with Gasteiger partial charge in [0.15, 0.2) is 11.5 Å². The van der Waals surface area contributed by atoms with Crippen molar-refractivity contribution in [2.45, 2.75) is 56.5 Å². The van der Waals surface area contributed by atoms with Crippen molar-refractivity contribution in [1.29, 1.82) is 10.7 Å². The van der Waals surface area contributed by atoms with E-state index in [1.54, 1.807) is 7.11 Å². The first-order valence-corrected chi connectivity index (χ1v) is 9.44. The van der Waals surface area contributed by atoms with Crippen LogP contribution in [0, 0.1) is 22.7 Å². The molecule has 6 nitrogen and oxygen atoms in total. The third kappa shape index (κ3) is 3.78. The van der Waals surface area contributed by atoms with Gasteiger partial charge in [0, 0.05) is 5.71 Å². The Morgan fingerprint density at radius 1 is 1.26 bits per heavy atom. The zero-order valence-electron chi connectivity index (χ0n) is 15.9. The number of hydrogen-bond acceptors (Lipinski definition) is 6. The van der Waals surface area contributed by atoms with Crippen LogP contribution in [0.1, 0.15) is 50.5 Å². The molecule has 27 heavy (non-hydrogen) atoms. The molecule has 0 saturated heterocycles. The molecule has 0 heterocycles. The van der Waals surface area contributed by atoms with Gasteiger partial charge in [0.25, 0.3) is 0 Å². The van der Waals surface area contributed by atoms with Gasteiger partial charge in [-0.25, -0.2) is 0 Å². The van der Waals surface area contributed by atoms with E-state index >= 15 is 0 Å². The fourth-order valence-electron chi connectivity index (χ4n) is 4.14. The summed E-state index contributed by atoms with van der Waals surface area (Å²) in [4.78, 5) is 12.1.